The van der Waals surface area contributed by atoms with Gasteiger partial charge in [-0.1, -0.05) is 258 Å². The highest BCUT2D eigenvalue weighted by Crippen LogP contribution is 2.18. The standard InChI is InChI=1S/C47H95NO5S/c1-3-5-7-9-11-13-15-17-19-21-23-25-26-28-30-32-34-36-38-40-42-46(49)45(44-54(51,52)53)48-47(50)43-41-39-37-35-33-31-29-27-24-22-20-18-16-14-12-10-8-6-4-2/h45-46,49H,3-44H2,1-2H3,(H,48,50)(H,51,52,53). The van der Waals surface area contributed by atoms with Crippen LogP contribution in [-0.4, -0.2) is 41.9 Å². The van der Waals surface area contributed by atoms with E-state index in [0.717, 1.165) is 38.5 Å². The summed E-state index contributed by atoms with van der Waals surface area (Å²) in [6.45, 7) is 4.56. The molecule has 0 spiro atoms. The molecule has 324 valence electrons. The van der Waals surface area contributed by atoms with Gasteiger partial charge in [-0.05, 0) is 12.8 Å². The van der Waals surface area contributed by atoms with E-state index in [1.807, 2.05) is 0 Å². The molecule has 0 aromatic heterocycles. The Hall–Kier alpha value is -0.660. The zero-order chi connectivity index (χ0) is 39.6. The van der Waals surface area contributed by atoms with Gasteiger partial charge in [0.15, 0.2) is 0 Å². The highest BCUT2D eigenvalue weighted by Gasteiger charge is 2.26. The van der Waals surface area contributed by atoms with Crippen molar-refractivity contribution in [3.8, 4) is 0 Å². The van der Waals surface area contributed by atoms with E-state index in [9.17, 15) is 22.9 Å². The zero-order valence-corrected chi connectivity index (χ0v) is 37.2. The first-order valence-corrected chi connectivity index (χ1v) is 25.8. The van der Waals surface area contributed by atoms with Crippen LogP contribution in [0.3, 0.4) is 0 Å². The third kappa shape index (κ3) is 42.5. The monoisotopic (exact) mass is 786 g/mol. The van der Waals surface area contributed by atoms with Crippen molar-refractivity contribution in [3.05, 3.63) is 0 Å². The number of carbonyl (C=O) groups is 1. The molecule has 1 amide bonds. The Morgan fingerprint density at radius 2 is 0.667 bits per heavy atom. The molecule has 2 atom stereocenters. The largest absolute Gasteiger partial charge is 0.391 e. The van der Waals surface area contributed by atoms with Gasteiger partial charge in [0.25, 0.3) is 10.1 Å². The van der Waals surface area contributed by atoms with E-state index in [4.69, 9.17) is 0 Å². The van der Waals surface area contributed by atoms with Gasteiger partial charge in [0.2, 0.25) is 5.91 Å². The van der Waals surface area contributed by atoms with Crippen molar-refractivity contribution < 1.29 is 22.9 Å². The lowest BCUT2D eigenvalue weighted by Gasteiger charge is -2.23. The van der Waals surface area contributed by atoms with Crippen LogP contribution >= 0.6 is 0 Å². The molecule has 0 bridgehead atoms. The van der Waals surface area contributed by atoms with Crippen LogP contribution in [0.1, 0.15) is 277 Å². The maximum atomic E-state index is 12.6. The minimum atomic E-state index is -4.31. The molecule has 54 heavy (non-hydrogen) atoms. The average molecular weight is 786 g/mol. The van der Waals surface area contributed by atoms with Gasteiger partial charge >= 0.3 is 0 Å². The van der Waals surface area contributed by atoms with E-state index < -0.39 is 28.0 Å². The third-order valence-electron chi connectivity index (χ3n) is 11.6. The number of nitrogens with one attached hydrogen (secondary N) is 1. The summed E-state index contributed by atoms with van der Waals surface area (Å²) >= 11 is 0. The second-order valence-corrected chi connectivity index (χ2v) is 18.6. The number of aliphatic hydroxyl groups excluding tert-OH is 1. The predicted molar refractivity (Wildman–Crippen MR) is 235 cm³/mol. The van der Waals surface area contributed by atoms with Crippen molar-refractivity contribution in [2.24, 2.45) is 0 Å². The fourth-order valence-electron chi connectivity index (χ4n) is 7.93. The highest BCUT2D eigenvalue weighted by atomic mass is 32.2. The lowest BCUT2D eigenvalue weighted by atomic mass is 10.0. The Balaban J connectivity index is 3.73. The van der Waals surface area contributed by atoms with E-state index >= 15 is 0 Å². The summed E-state index contributed by atoms with van der Waals surface area (Å²) in [5.74, 6) is -0.878. The van der Waals surface area contributed by atoms with Crippen LogP contribution in [-0.2, 0) is 14.9 Å². The minimum Gasteiger partial charge on any atom is -0.391 e. The minimum absolute atomic E-state index is 0.238. The van der Waals surface area contributed by atoms with Crippen molar-refractivity contribution in [2.45, 2.75) is 289 Å². The molecule has 0 saturated heterocycles. The van der Waals surface area contributed by atoms with E-state index in [2.05, 4.69) is 19.2 Å². The van der Waals surface area contributed by atoms with Crippen molar-refractivity contribution in [1.82, 2.24) is 5.32 Å². The number of amides is 1. The fraction of sp³-hybridized carbons (Fsp3) is 0.979. The van der Waals surface area contributed by atoms with Gasteiger partial charge in [-0.25, -0.2) is 0 Å². The smallest absolute Gasteiger partial charge is 0.266 e. The van der Waals surface area contributed by atoms with Gasteiger partial charge < -0.3 is 10.4 Å². The molecule has 0 rings (SSSR count). The molecule has 0 fully saturated rings. The Kier molecular flexibility index (Phi) is 41.4. The van der Waals surface area contributed by atoms with Gasteiger partial charge in [-0.15, -0.1) is 0 Å². The first-order valence-electron chi connectivity index (χ1n) is 24.2. The van der Waals surface area contributed by atoms with Crippen LogP contribution in [0.4, 0.5) is 0 Å². The van der Waals surface area contributed by atoms with Gasteiger partial charge in [-0.2, -0.15) is 8.42 Å². The molecule has 0 aliphatic rings. The number of unbranched alkanes of at least 4 members (excludes halogenated alkanes) is 37. The fourth-order valence-corrected chi connectivity index (χ4v) is 8.69. The van der Waals surface area contributed by atoms with Crippen LogP contribution in [0.15, 0.2) is 0 Å². The predicted octanol–water partition coefficient (Wildman–Crippen LogP) is 14.8. The lowest BCUT2D eigenvalue weighted by Crippen LogP contribution is -2.47. The molecule has 0 aromatic rings. The summed E-state index contributed by atoms with van der Waals surface area (Å²) in [7, 11) is -4.31. The Bertz CT molecular complexity index is 866. The van der Waals surface area contributed by atoms with Gasteiger partial charge in [0.05, 0.1) is 17.9 Å². The van der Waals surface area contributed by atoms with Crippen LogP contribution in [0.25, 0.3) is 0 Å². The number of aliphatic hydroxyl groups is 1. The molecule has 2 unspecified atom stereocenters. The van der Waals surface area contributed by atoms with Gasteiger partial charge in [0, 0.05) is 6.42 Å². The molecule has 0 saturated carbocycles. The van der Waals surface area contributed by atoms with Crippen LogP contribution in [0.5, 0.6) is 0 Å². The summed E-state index contributed by atoms with van der Waals surface area (Å²) in [5.41, 5.74) is 0. The molecule has 3 N–H and O–H groups in total. The molecule has 0 radical (unpaired) electrons. The zero-order valence-electron chi connectivity index (χ0n) is 36.4. The number of hydrogen-bond donors (Lipinski definition) is 3. The SMILES string of the molecule is CCCCCCCCCCCCCCCCCCCCCCC(O)C(CS(=O)(=O)O)NC(=O)CCCCCCCCCCCCCCCCCCCCC. The van der Waals surface area contributed by atoms with E-state index in [-0.39, 0.29) is 5.91 Å². The molecule has 0 aromatic carbocycles. The van der Waals surface area contributed by atoms with Crippen molar-refractivity contribution in [1.29, 1.82) is 0 Å². The van der Waals surface area contributed by atoms with Crippen LogP contribution in [0.2, 0.25) is 0 Å². The maximum absolute atomic E-state index is 12.6. The number of rotatable bonds is 45. The summed E-state index contributed by atoms with van der Waals surface area (Å²) in [6.07, 6.45) is 50.6. The molecule has 0 aliphatic heterocycles. The number of carbonyl (C=O) groups excluding carboxylic acids is 1. The second kappa shape index (κ2) is 42.0. The summed E-state index contributed by atoms with van der Waals surface area (Å²) in [6, 6.07) is -0.965. The highest BCUT2D eigenvalue weighted by molar-refractivity contribution is 7.85. The Labute approximate surface area is 338 Å². The number of hydrogen-bond acceptors (Lipinski definition) is 4. The molecular formula is C47H95NO5S. The molecule has 7 heteroatoms. The maximum Gasteiger partial charge on any atom is 0.266 e. The van der Waals surface area contributed by atoms with Gasteiger partial charge in [0.1, 0.15) is 0 Å². The quantitative estimate of drug-likeness (QED) is 0.0421. The molecule has 6 nitrogen and oxygen atoms in total. The van der Waals surface area contributed by atoms with Crippen molar-refractivity contribution in [3.63, 3.8) is 0 Å². The van der Waals surface area contributed by atoms with Crippen molar-refractivity contribution >= 4 is 16.0 Å². The Morgan fingerprint density at radius 3 is 0.926 bits per heavy atom. The summed E-state index contributed by atoms with van der Waals surface area (Å²) in [5, 5.41) is 13.4. The van der Waals surface area contributed by atoms with Crippen molar-refractivity contribution in [2.75, 3.05) is 5.75 Å². The van der Waals surface area contributed by atoms with Crippen LogP contribution in [0, 0.1) is 0 Å². The topological polar surface area (TPSA) is 104 Å². The molecular weight excluding hydrogens is 691 g/mol. The van der Waals surface area contributed by atoms with E-state index in [1.165, 1.54) is 212 Å². The van der Waals surface area contributed by atoms with Crippen LogP contribution < -0.4 is 5.32 Å². The normalized spacial score (nSPS) is 13.0. The van der Waals surface area contributed by atoms with Gasteiger partial charge in [-0.3, -0.25) is 9.35 Å². The first-order chi connectivity index (χ1) is 26.3. The lowest BCUT2D eigenvalue weighted by molar-refractivity contribution is -0.122. The third-order valence-corrected chi connectivity index (χ3v) is 12.3. The first kappa shape index (κ1) is 53.3. The second-order valence-electron chi connectivity index (χ2n) is 17.1. The van der Waals surface area contributed by atoms with E-state index in [0.29, 0.717) is 12.8 Å². The summed E-state index contributed by atoms with van der Waals surface area (Å²) < 4.78 is 32.7. The molecule has 0 aliphatic carbocycles. The summed E-state index contributed by atoms with van der Waals surface area (Å²) in [4.78, 5) is 12.6. The Morgan fingerprint density at radius 1 is 0.426 bits per heavy atom. The average Bonchev–Trinajstić information content (AvgIpc) is 3.14. The van der Waals surface area contributed by atoms with E-state index in [1.54, 1.807) is 0 Å². The molecule has 0 heterocycles.